The van der Waals surface area contributed by atoms with Crippen LogP contribution in [-0.2, 0) is 16.0 Å². The van der Waals surface area contributed by atoms with Gasteiger partial charge in [0.25, 0.3) is 0 Å². The molecule has 0 fully saturated rings. The fourth-order valence-electron chi connectivity index (χ4n) is 2.67. The summed E-state index contributed by atoms with van der Waals surface area (Å²) >= 11 is 0. The highest BCUT2D eigenvalue weighted by atomic mass is 16.6. The number of esters is 2. The SMILES string of the molecule is C=CCc1c(C(C)=O)c(OC(C)=O)c(OC(C)=O)c2ccccc12. The number of benzene rings is 2. The van der Waals surface area contributed by atoms with Gasteiger partial charge in [0, 0.05) is 19.2 Å². The molecule has 0 aliphatic heterocycles. The number of hydrogen-bond donors (Lipinski definition) is 0. The zero-order chi connectivity index (χ0) is 17.9. The number of fused-ring (bicyclic) bond motifs is 1. The zero-order valence-corrected chi connectivity index (χ0v) is 13.8. The number of rotatable bonds is 5. The number of hydrogen-bond acceptors (Lipinski definition) is 5. The summed E-state index contributed by atoms with van der Waals surface area (Å²) in [7, 11) is 0. The van der Waals surface area contributed by atoms with E-state index in [-0.39, 0.29) is 22.8 Å². The third-order valence-corrected chi connectivity index (χ3v) is 3.42. The molecule has 0 bridgehead atoms. The summed E-state index contributed by atoms with van der Waals surface area (Å²) in [6, 6.07) is 7.17. The highest BCUT2D eigenvalue weighted by molar-refractivity contribution is 6.08. The lowest BCUT2D eigenvalue weighted by Gasteiger charge is -2.19. The molecule has 0 unspecified atom stereocenters. The fourth-order valence-corrected chi connectivity index (χ4v) is 2.67. The molecule has 0 saturated heterocycles. The van der Waals surface area contributed by atoms with Crippen LogP contribution in [0.5, 0.6) is 11.5 Å². The van der Waals surface area contributed by atoms with Crippen molar-refractivity contribution in [1.29, 1.82) is 0 Å². The Morgan fingerprint density at radius 3 is 2.00 bits per heavy atom. The summed E-state index contributed by atoms with van der Waals surface area (Å²) in [5.41, 5.74) is 0.903. The highest BCUT2D eigenvalue weighted by Crippen LogP contribution is 2.43. The quantitative estimate of drug-likeness (QED) is 0.363. The van der Waals surface area contributed by atoms with Crippen molar-refractivity contribution < 1.29 is 23.9 Å². The molecule has 2 rings (SSSR count). The Morgan fingerprint density at radius 2 is 1.50 bits per heavy atom. The summed E-state index contributed by atoms with van der Waals surface area (Å²) in [6.45, 7) is 7.57. The van der Waals surface area contributed by atoms with E-state index in [0.717, 1.165) is 5.39 Å². The second-order valence-corrected chi connectivity index (χ2v) is 5.29. The van der Waals surface area contributed by atoms with Gasteiger partial charge in [-0.15, -0.1) is 6.58 Å². The van der Waals surface area contributed by atoms with Crippen LogP contribution in [0, 0.1) is 0 Å². The maximum atomic E-state index is 12.3. The van der Waals surface area contributed by atoms with Crippen LogP contribution in [0.1, 0.15) is 36.7 Å². The number of ketones is 1. The van der Waals surface area contributed by atoms with Crippen LogP contribution in [0.2, 0.25) is 0 Å². The summed E-state index contributed by atoms with van der Waals surface area (Å²) in [5, 5.41) is 1.33. The minimum absolute atomic E-state index is 0.0271. The average Bonchev–Trinajstić information content (AvgIpc) is 2.49. The first-order valence-corrected chi connectivity index (χ1v) is 7.43. The molecule has 5 heteroatoms. The van der Waals surface area contributed by atoms with Crippen LogP contribution in [-0.4, -0.2) is 17.7 Å². The molecule has 2 aromatic carbocycles. The molecule has 0 atom stereocenters. The van der Waals surface area contributed by atoms with Crippen molar-refractivity contribution in [3.05, 3.63) is 48.0 Å². The van der Waals surface area contributed by atoms with Gasteiger partial charge in [0.2, 0.25) is 0 Å². The van der Waals surface area contributed by atoms with Crippen molar-refractivity contribution in [2.75, 3.05) is 0 Å². The Bertz CT molecular complexity index is 848. The lowest BCUT2D eigenvalue weighted by molar-refractivity contribution is -0.134. The minimum atomic E-state index is -0.606. The number of carbonyl (C=O) groups excluding carboxylic acids is 3. The molecular weight excluding hydrogens is 308 g/mol. The second kappa shape index (κ2) is 7.08. The van der Waals surface area contributed by atoms with E-state index in [1.807, 2.05) is 12.1 Å². The first-order chi connectivity index (χ1) is 11.4. The number of Topliss-reactive ketones (excluding diaryl/α,β-unsaturated/α-hetero) is 1. The Balaban J connectivity index is 3.00. The first kappa shape index (κ1) is 17.4. The number of allylic oxidation sites excluding steroid dienone is 1. The molecule has 2 aromatic rings. The topological polar surface area (TPSA) is 69.7 Å². The van der Waals surface area contributed by atoms with Crippen LogP contribution in [0.15, 0.2) is 36.9 Å². The summed E-state index contributed by atoms with van der Waals surface area (Å²) in [5.74, 6) is -1.42. The Hall–Kier alpha value is -2.95. The summed E-state index contributed by atoms with van der Waals surface area (Å²) in [6.07, 6.45) is 2.07. The van der Waals surface area contributed by atoms with E-state index in [2.05, 4.69) is 6.58 Å². The van der Waals surface area contributed by atoms with Crippen molar-refractivity contribution >= 4 is 28.5 Å². The van der Waals surface area contributed by atoms with Crippen LogP contribution in [0.25, 0.3) is 10.8 Å². The molecule has 0 aliphatic carbocycles. The van der Waals surface area contributed by atoms with Crippen molar-refractivity contribution in [2.45, 2.75) is 27.2 Å². The van der Waals surface area contributed by atoms with Gasteiger partial charge in [-0.3, -0.25) is 14.4 Å². The van der Waals surface area contributed by atoms with Gasteiger partial charge in [0.1, 0.15) is 0 Å². The lowest BCUT2D eigenvalue weighted by atomic mass is 9.92. The third-order valence-electron chi connectivity index (χ3n) is 3.42. The van der Waals surface area contributed by atoms with E-state index < -0.39 is 11.9 Å². The summed E-state index contributed by atoms with van der Waals surface area (Å²) in [4.78, 5) is 35.3. The average molecular weight is 326 g/mol. The number of ether oxygens (including phenoxy) is 2. The predicted octanol–water partition coefficient (Wildman–Crippen LogP) is 3.62. The van der Waals surface area contributed by atoms with Gasteiger partial charge in [0.05, 0.1) is 5.56 Å². The molecule has 0 spiro atoms. The maximum absolute atomic E-state index is 12.3. The smallest absolute Gasteiger partial charge is 0.308 e. The normalized spacial score (nSPS) is 10.3. The monoisotopic (exact) mass is 326 g/mol. The van der Waals surface area contributed by atoms with Crippen LogP contribution in [0.4, 0.5) is 0 Å². The van der Waals surface area contributed by atoms with Gasteiger partial charge >= 0.3 is 11.9 Å². The van der Waals surface area contributed by atoms with Crippen molar-refractivity contribution in [3.8, 4) is 11.5 Å². The Kier molecular flexibility index (Phi) is 5.14. The van der Waals surface area contributed by atoms with E-state index in [1.165, 1.54) is 20.8 Å². The first-order valence-electron chi connectivity index (χ1n) is 7.43. The Labute approximate surface area is 139 Å². The zero-order valence-electron chi connectivity index (χ0n) is 13.8. The van der Waals surface area contributed by atoms with E-state index >= 15 is 0 Å². The molecular formula is C19H18O5. The fraction of sp³-hybridized carbons (Fsp3) is 0.211. The van der Waals surface area contributed by atoms with E-state index in [9.17, 15) is 14.4 Å². The molecule has 0 radical (unpaired) electrons. The van der Waals surface area contributed by atoms with Gasteiger partial charge in [-0.05, 0) is 24.3 Å². The van der Waals surface area contributed by atoms with Crippen LogP contribution < -0.4 is 9.47 Å². The van der Waals surface area contributed by atoms with Gasteiger partial charge in [0.15, 0.2) is 17.3 Å². The maximum Gasteiger partial charge on any atom is 0.308 e. The van der Waals surface area contributed by atoms with Gasteiger partial charge in [-0.2, -0.15) is 0 Å². The molecule has 0 saturated carbocycles. The molecule has 0 heterocycles. The molecule has 24 heavy (non-hydrogen) atoms. The molecule has 124 valence electrons. The van der Waals surface area contributed by atoms with Crippen molar-refractivity contribution in [1.82, 2.24) is 0 Å². The van der Waals surface area contributed by atoms with Gasteiger partial charge in [-0.1, -0.05) is 30.3 Å². The molecule has 5 nitrogen and oxygen atoms in total. The van der Waals surface area contributed by atoms with Crippen molar-refractivity contribution in [3.63, 3.8) is 0 Å². The second-order valence-electron chi connectivity index (χ2n) is 5.29. The van der Waals surface area contributed by atoms with E-state index in [1.54, 1.807) is 18.2 Å². The van der Waals surface area contributed by atoms with E-state index in [4.69, 9.17) is 9.47 Å². The molecule has 0 amide bonds. The van der Waals surface area contributed by atoms with Gasteiger partial charge < -0.3 is 9.47 Å². The molecule has 0 aliphatic rings. The van der Waals surface area contributed by atoms with Crippen LogP contribution >= 0.6 is 0 Å². The van der Waals surface area contributed by atoms with Crippen molar-refractivity contribution in [2.24, 2.45) is 0 Å². The summed E-state index contributed by atoms with van der Waals surface area (Å²) < 4.78 is 10.6. The number of carbonyl (C=O) groups is 3. The standard InChI is InChI=1S/C19H18O5/c1-5-8-15-14-9-6-7-10-16(14)18(23-12(3)21)19(24-13(4)22)17(15)11(2)20/h5-7,9-10H,1,8H2,2-4H3. The Morgan fingerprint density at radius 1 is 0.958 bits per heavy atom. The minimum Gasteiger partial charge on any atom is -0.422 e. The van der Waals surface area contributed by atoms with Gasteiger partial charge in [-0.25, -0.2) is 0 Å². The largest absolute Gasteiger partial charge is 0.422 e. The van der Waals surface area contributed by atoms with E-state index in [0.29, 0.717) is 17.4 Å². The highest BCUT2D eigenvalue weighted by Gasteiger charge is 2.25. The molecule has 0 N–H and O–H groups in total. The lowest BCUT2D eigenvalue weighted by Crippen LogP contribution is -2.13. The molecule has 0 aromatic heterocycles. The van der Waals surface area contributed by atoms with Crippen LogP contribution in [0.3, 0.4) is 0 Å². The third kappa shape index (κ3) is 3.35. The predicted molar refractivity (Wildman–Crippen MR) is 90.5 cm³/mol.